The van der Waals surface area contributed by atoms with E-state index in [2.05, 4.69) is 10.6 Å². The molecule has 2 amide bonds. The first kappa shape index (κ1) is 17.7. The molecule has 0 radical (unpaired) electrons. The highest BCUT2D eigenvalue weighted by molar-refractivity contribution is 5.99. The second-order valence-electron chi connectivity index (χ2n) is 6.33. The van der Waals surface area contributed by atoms with Gasteiger partial charge in [-0.15, -0.1) is 0 Å². The lowest BCUT2D eigenvalue weighted by atomic mass is 10.1. The third-order valence-electron chi connectivity index (χ3n) is 2.83. The second-order valence-corrected chi connectivity index (χ2v) is 6.33. The minimum absolute atomic E-state index is 0.0388. The molecule has 0 saturated heterocycles. The zero-order chi connectivity index (χ0) is 17.1. The summed E-state index contributed by atoms with van der Waals surface area (Å²) in [5, 5.41) is 14.4. The normalized spacial score (nSPS) is 12.4. The number of carboxylic acids is 1. The quantitative estimate of drug-likeness (QED) is 0.789. The summed E-state index contributed by atoms with van der Waals surface area (Å²) in [6.45, 7) is 8.82. The lowest BCUT2D eigenvalue weighted by Gasteiger charge is -2.23. The molecule has 1 aromatic rings. The van der Waals surface area contributed by atoms with E-state index in [1.807, 2.05) is 20.8 Å². The Balaban J connectivity index is 2.85. The number of carboxylic acid groups (broad SMARTS) is 1. The zero-order valence-electron chi connectivity index (χ0n) is 13.5. The van der Waals surface area contributed by atoms with Crippen molar-refractivity contribution in [3.63, 3.8) is 0 Å². The Morgan fingerprint density at radius 3 is 2.14 bits per heavy atom. The van der Waals surface area contributed by atoms with Gasteiger partial charge in [0.25, 0.3) is 5.91 Å². The SMILES string of the molecule is Cc1cc(C(=O)O)cc(C(=O)NC(C)C(=O)NC(C)(C)C)c1. The number of carbonyl (C=O) groups is 3. The molecule has 0 spiro atoms. The van der Waals surface area contributed by atoms with Crippen molar-refractivity contribution in [3.8, 4) is 0 Å². The highest BCUT2D eigenvalue weighted by atomic mass is 16.4. The first-order chi connectivity index (χ1) is 9.99. The van der Waals surface area contributed by atoms with Crippen LogP contribution in [0.15, 0.2) is 18.2 Å². The lowest BCUT2D eigenvalue weighted by Crippen LogP contribution is -2.50. The van der Waals surface area contributed by atoms with Crippen LogP contribution in [0, 0.1) is 6.92 Å². The number of aromatic carboxylic acids is 1. The van der Waals surface area contributed by atoms with Crippen LogP contribution < -0.4 is 10.6 Å². The fraction of sp³-hybridized carbons (Fsp3) is 0.438. The molecule has 1 unspecified atom stereocenters. The van der Waals surface area contributed by atoms with E-state index in [1.54, 1.807) is 19.9 Å². The first-order valence-electron chi connectivity index (χ1n) is 6.97. The molecule has 0 fully saturated rings. The third kappa shape index (κ3) is 5.20. The number of rotatable bonds is 4. The average molecular weight is 306 g/mol. The number of amides is 2. The van der Waals surface area contributed by atoms with Crippen LogP contribution in [0.25, 0.3) is 0 Å². The number of carbonyl (C=O) groups excluding carboxylic acids is 2. The van der Waals surface area contributed by atoms with Gasteiger partial charge in [0.2, 0.25) is 5.91 Å². The molecule has 22 heavy (non-hydrogen) atoms. The highest BCUT2D eigenvalue weighted by Gasteiger charge is 2.21. The number of hydrogen-bond acceptors (Lipinski definition) is 3. The topological polar surface area (TPSA) is 95.5 Å². The summed E-state index contributed by atoms with van der Waals surface area (Å²) in [6.07, 6.45) is 0. The van der Waals surface area contributed by atoms with Crippen LogP contribution in [0.4, 0.5) is 0 Å². The van der Waals surface area contributed by atoms with Crippen molar-refractivity contribution in [2.24, 2.45) is 0 Å². The number of hydrogen-bond donors (Lipinski definition) is 3. The third-order valence-corrected chi connectivity index (χ3v) is 2.83. The Labute approximate surface area is 129 Å². The molecule has 1 rings (SSSR count). The first-order valence-corrected chi connectivity index (χ1v) is 6.97. The molecule has 3 N–H and O–H groups in total. The van der Waals surface area contributed by atoms with Crippen molar-refractivity contribution in [2.45, 2.75) is 46.2 Å². The van der Waals surface area contributed by atoms with Crippen LogP contribution in [0.3, 0.4) is 0 Å². The maximum absolute atomic E-state index is 12.2. The van der Waals surface area contributed by atoms with Crippen molar-refractivity contribution in [1.29, 1.82) is 0 Å². The molecule has 0 aliphatic heterocycles. The van der Waals surface area contributed by atoms with Crippen molar-refractivity contribution >= 4 is 17.8 Å². The van der Waals surface area contributed by atoms with Gasteiger partial charge in [-0.05, 0) is 58.4 Å². The average Bonchev–Trinajstić information content (AvgIpc) is 2.35. The smallest absolute Gasteiger partial charge is 0.335 e. The number of aryl methyl sites for hydroxylation is 1. The van der Waals surface area contributed by atoms with E-state index in [9.17, 15) is 14.4 Å². The molecule has 0 aromatic heterocycles. The maximum Gasteiger partial charge on any atom is 0.335 e. The zero-order valence-corrected chi connectivity index (χ0v) is 13.5. The fourth-order valence-corrected chi connectivity index (χ4v) is 1.86. The molecule has 0 aliphatic rings. The monoisotopic (exact) mass is 306 g/mol. The standard InChI is InChI=1S/C16H22N2O4/c1-9-6-11(8-12(7-9)15(21)22)14(20)17-10(2)13(19)18-16(3,4)5/h6-8,10H,1-5H3,(H,17,20)(H,18,19)(H,21,22). The van der Waals surface area contributed by atoms with Crippen molar-refractivity contribution in [2.75, 3.05) is 0 Å². The van der Waals surface area contributed by atoms with Crippen LogP contribution in [0.5, 0.6) is 0 Å². The maximum atomic E-state index is 12.2. The predicted molar refractivity (Wildman–Crippen MR) is 83.0 cm³/mol. The Hall–Kier alpha value is -2.37. The van der Waals surface area contributed by atoms with Crippen molar-refractivity contribution in [1.82, 2.24) is 10.6 Å². The van der Waals surface area contributed by atoms with Gasteiger partial charge >= 0.3 is 5.97 Å². The summed E-state index contributed by atoms with van der Waals surface area (Å²) in [5.41, 5.74) is 0.525. The summed E-state index contributed by atoms with van der Waals surface area (Å²) in [7, 11) is 0. The molecule has 0 saturated carbocycles. The van der Waals surface area contributed by atoms with Crippen LogP contribution >= 0.6 is 0 Å². The van der Waals surface area contributed by atoms with Crippen molar-refractivity contribution < 1.29 is 19.5 Å². The van der Waals surface area contributed by atoms with Gasteiger partial charge in [0.05, 0.1) is 5.56 Å². The van der Waals surface area contributed by atoms with Gasteiger partial charge in [0.1, 0.15) is 6.04 Å². The molecule has 0 aliphatic carbocycles. The van der Waals surface area contributed by atoms with E-state index in [0.717, 1.165) is 0 Å². The minimum atomic E-state index is -1.10. The summed E-state index contributed by atoms with van der Waals surface area (Å²) < 4.78 is 0. The number of benzene rings is 1. The molecule has 6 heteroatoms. The van der Waals surface area contributed by atoms with Gasteiger partial charge < -0.3 is 15.7 Å². The van der Waals surface area contributed by atoms with E-state index in [0.29, 0.717) is 5.56 Å². The fourth-order valence-electron chi connectivity index (χ4n) is 1.86. The van der Waals surface area contributed by atoms with E-state index < -0.39 is 23.5 Å². The van der Waals surface area contributed by atoms with Gasteiger partial charge in [-0.25, -0.2) is 4.79 Å². The second kappa shape index (κ2) is 6.60. The van der Waals surface area contributed by atoms with Crippen LogP contribution in [-0.2, 0) is 4.79 Å². The summed E-state index contributed by atoms with van der Waals surface area (Å²) in [5.74, 6) is -1.88. The molecule has 0 heterocycles. The predicted octanol–water partition coefficient (Wildman–Crippen LogP) is 1.73. The molecule has 0 bridgehead atoms. The lowest BCUT2D eigenvalue weighted by molar-refractivity contribution is -0.124. The largest absolute Gasteiger partial charge is 0.478 e. The summed E-state index contributed by atoms with van der Waals surface area (Å²) in [4.78, 5) is 35.1. The molecular weight excluding hydrogens is 284 g/mol. The Bertz CT molecular complexity index is 603. The molecule has 1 atom stereocenters. The van der Waals surface area contributed by atoms with Gasteiger partial charge in [-0.1, -0.05) is 0 Å². The van der Waals surface area contributed by atoms with Crippen LogP contribution in [0.2, 0.25) is 0 Å². The molecule has 120 valence electrons. The summed E-state index contributed by atoms with van der Waals surface area (Å²) >= 11 is 0. The molecule has 1 aromatic carbocycles. The van der Waals surface area contributed by atoms with Crippen molar-refractivity contribution in [3.05, 3.63) is 34.9 Å². The Morgan fingerprint density at radius 1 is 1.09 bits per heavy atom. The van der Waals surface area contributed by atoms with E-state index in [1.165, 1.54) is 12.1 Å². The number of nitrogens with one attached hydrogen (secondary N) is 2. The van der Waals surface area contributed by atoms with Crippen LogP contribution in [-0.4, -0.2) is 34.5 Å². The van der Waals surface area contributed by atoms with Crippen LogP contribution in [0.1, 0.15) is 54.0 Å². The Kier molecular flexibility index (Phi) is 5.30. The minimum Gasteiger partial charge on any atom is -0.478 e. The van der Waals surface area contributed by atoms with Gasteiger partial charge in [-0.3, -0.25) is 9.59 Å². The highest BCUT2D eigenvalue weighted by Crippen LogP contribution is 2.10. The van der Waals surface area contributed by atoms with E-state index in [4.69, 9.17) is 5.11 Å². The van der Waals surface area contributed by atoms with E-state index >= 15 is 0 Å². The van der Waals surface area contributed by atoms with Gasteiger partial charge in [0, 0.05) is 11.1 Å². The van der Waals surface area contributed by atoms with Gasteiger partial charge in [-0.2, -0.15) is 0 Å². The summed E-state index contributed by atoms with van der Waals surface area (Å²) in [6, 6.07) is 3.63. The molecule has 6 nitrogen and oxygen atoms in total. The Morgan fingerprint density at radius 2 is 1.64 bits per heavy atom. The van der Waals surface area contributed by atoms with E-state index in [-0.39, 0.29) is 17.0 Å². The molecular formula is C16H22N2O4. The van der Waals surface area contributed by atoms with Gasteiger partial charge in [0.15, 0.2) is 0 Å².